The number of ether oxygens (including phenoxy) is 2. The Balaban J connectivity index is 2.08. The summed E-state index contributed by atoms with van der Waals surface area (Å²) in [6.07, 6.45) is -1.05. The highest BCUT2D eigenvalue weighted by Crippen LogP contribution is 2.48. The zero-order valence-corrected chi connectivity index (χ0v) is 26.0. The van der Waals surface area contributed by atoms with Crippen LogP contribution in [0.25, 0.3) is 0 Å². The van der Waals surface area contributed by atoms with Crippen molar-refractivity contribution in [1.29, 1.82) is 0 Å². The van der Waals surface area contributed by atoms with E-state index in [2.05, 4.69) is 0 Å². The quantitative estimate of drug-likeness (QED) is 0.451. The maximum atomic E-state index is 13.2. The number of carbonyl (C=O) groups is 2. The predicted molar refractivity (Wildman–Crippen MR) is 152 cm³/mol. The van der Waals surface area contributed by atoms with Crippen LogP contribution in [-0.4, -0.2) is 45.9 Å². The van der Waals surface area contributed by atoms with E-state index in [-0.39, 0.29) is 29.0 Å². The van der Waals surface area contributed by atoms with E-state index in [1.807, 2.05) is 27.7 Å². The molecule has 2 unspecified atom stereocenters. The molecule has 0 radical (unpaired) electrons. The molecule has 1 saturated heterocycles. The Labute approximate surface area is 238 Å². The van der Waals surface area contributed by atoms with Crippen LogP contribution < -0.4 is 5.43 Å². The van der Waals surface area contributed by atoms with Gasteiger partial charge in [-0.1, -0.05) is 48.5 Å². The van der Waals surface area contributed by atoms with Crippen molar-refractivity contribution in [2.45, 2.75) is 125 Å². The van der Waals surface area contributed by atoms with E-state index in [0.29, 0.717) is 46.8 Å². The lowest BCUT2D eigenvalue weighted by Crippen LogP contribution is -2.61. The van der Waals surface area contributed by atoms with Gasteiger partial charge in [0, 0.05) is 40.9 Å². The van der Waals surface area contributed by atoms with Crippen LogP contribution in [0.4, 0.5) is 0 Å². The van der Waals surface area contributed by atoms with Crippen LogP contribution in [0, 0.1) is 37.5 Å². The first-order valence-corrected chi connectivity index (χ1v) is 14.7. The lowest BCUT2D eigenvalue weighted by molar-refractivity contribution is -0.340. The second kappa shape index (κ2) is 11.9. The molecule has 0 bridgehead atoms. The third kappa shape index (κ3) is 5.23. The minimum atomic E-state index is -1.87. The monoisotopic (exact) mass is 560 g/mol. The molecule has 1 fully saturated rings. The van der Waals surface area contributed by atoms with Crippen molar-refractivity contribution in [3.63, 3.8) is 0 Å². The van der Waals surface area contributed by atoms with E-state index >= 15 is 0 Å². The molecule has 8 heteroatoms. The number of aliphatic hydroxyl groups excluding tert-OH is 1. The maximum Gasteiger partial charge on any atom is 0.191 e. The number of hydrogen-bond donors (Lipinski definition) is 2. The summed E-state index contributed by atoms with van der Waals surface area (Å²) in [6.45, 7) is 19.5. The Morgan fingerprint density at radius 2 is 1.57 bits per heavy atom. The fourth-order valence-corrected chi connectivity index (χ4v) is 6.64. The Bertz CT molecular complexity index is 1230. The summed E-state index contributed by atoms with van der Waals surface area (Å²) < 4.78 is 19.1. The lowest BCUT2D eigenvalue weighted by atomic mass is 9.72. The molecule has 2 aliphatic rings. The maximum absolute atomic E-state index is 13.2. The molecule has 3 rings (SSSR count). The first-order chi connectivity index (χ1) is 18.5. The smallest absolute Gasteiger partial charge is 0.191 e. The largest absolute Gasteiger partial charge is 0.493 e. The molecule has 2 N–H and O–H groups in total. The molecule has 1 aromatic rings. The van der Waals surface area contributed by atoms with E-state index in [0.717, 1.165) is 0 Å². The summed E-state index contributed by atoms with van der Waals surface area (Å²) in [5, 5.41) is 23.5. The van der Waals surface area contributed by atoms with Crippen molar-refractivity contribution in [3.8, 4) is 0 Å². The van der Waals surface area contributed by atoms with Crippen molar-refractivity contribution in [2.24, 2.45) is 23.7 Å². The van der Waals surface area contributed by atoms with Gasteiger partial charge in [0.15, 0.2) is 17.0 Å². The highest BCUT2D eigenvalue weighted by Gasteiger charge is 2.56. The van der Waals surface area contributed by atoms with Gasteiger partial charge >= 0.3 is 0 Å². The van der Waals surface area contributed by atoms with Crippen molar-refractivity contribution in [3.05, 3.63) is 44.2 Å². The SMILES string of the molecule is CCC(=O)[C@@H](C)c1oc([C@H](C)[C@@H]2O[C@](O)([C@@H](C)C3=C(C)C(=O)C(C)C(CC)O3)[C@@H](C)[C@@H](O)[C@H]2C)c(C)c(=O)c1C. The summed E-state index contributed by atoms with van der Waals surface area (Å²) in [7, 11) is 0. The van der Waals surface area contributed by atoms with Crippen LogP contribution in [0.5, 0.6) is 0 Å². The molecular weight excluding hydrogens is 512 g/mol. The minimum Gasteiger partial charge on any atom is -0.493 e. The normalized spacial score (nSPS) is 33.4. The van der Waals surface area contributed by atoms with Crippen molar-refractivity contribution in [1.82, 2.24) is 0 Å². The molecule has 0 aromatic carbocycles. The number of aliphatic hydroxyl groups is 2. The summed E-state index contributed by atoms with van der Waals surface area (Å²) in [4.78, 5) is 38.8. The van der Waals surface area contributed by atoms with Gasteiger partial charge in [-0.3, -0.25) is 14.4 Å². The van der Waals surface area contributed by atoms with Gasteiger partial charge in [0.1, 0.15) is 29.2 Å². The molecule has 3 heterocycles. The molecule has 2 aliphatic heterocycles. The molecule has 0 spiro atoms. The summed E-state index contributed by atoms with van der Waals surface area (Å²) in [5.74, 6) is -4.14. The number of Topliss-reactive ketones (excluding diaryl/α,β-unsaturated/α-hetero) is 2. The summed E-state index contributed by atoms with van der Waals surface area (Å²) >= 11 is 0. The molecule has 0 aliphatic carbocycles. The third-order valence-electron chi connectivity index (χ3n) is 9.72. The van der Waals surface area contributed by atoms with Crippen molar-refractivity contribution >= 4 is 11.6 Å². The molecule has 40 heavy (non-hydrogen) atoms. The fourth-order valence-electron chi connectivity index (χ4n) is 6.64. The Kier molecular flexibility index (Phi) is 9.59. The Morgan fingerprint density at radius 1 is 1.00 bits per heavy atom. The number of rotatable bonds is 8. The molecule has 224 valence electrons. The average Bonchev–Trinajstić information content (AvgIpc) is 2.94. The Hall–Kier alpha value is -2.29. The minimum absolute atomic E-state index is 0.0221. The highest BCUT2D eigenvalue weighted by atomic mass is 16.6. The second-order valence-corrected chi connectivity index (χ2v) is 12.1. The molecule has 0 amide bonds. The van der Waals surface area contributed by atoms with Gasteiger partial charge in [0.2, 0.25) is 0 Å². The van der Waals surface area contributed by atoms with Crippen LogP contribution in [0.15, 0.2) is 20.5 Å². The Morgan fingerprint density at radius 3 is 2.12 bits per heavy atom. The number of hydrogen-bond acceptors (Lipinski definition) is 8. The number of ketones is 2. The van der Waals surface area contributed by atoms with Crippen molar-refractivity contribution < 1.29 is 33.7 Å². The van der Waals surface area contributed by atoms with Crippen LogP contribution in [0.3, 0.4) is 0 Å². The van der Waals surface area contributed by atoms with Crippen LogP contribution >= 0.6 is 0 Å². The van der Waals surface area contributed by atoms with Gasteiger partial charge in [0.25, 0.3) is 0 Å². The first kappa shape index (κ1) is 32.2. The van der Waals surface area contributed by atoms with E-state index < -0.39 is 47.6 Å². The summed E-state index contributed by atoms with van der Waals surface area (Å²) in [6, 6.07) is 0. The zero-order chi connectivity index (χ0) is 30.4. The topological polar surface area (TPSA) is 123 Å². The van der Waals surface area contributed by atoms with Crippen molar-refractivity contribution in [2.75, 3.05) is 0 Å². The van der Waals surface area contributed by atoms with E-state index in [9.17, 15) is 24.6 Å². The predicted octanol–water partition coefficient (Wildman–Crippen LogP) is 5.09. The average molecular weight is 561 g/mol. The molecular formula is C32H48O8. The van der Waals surface area contributed by atoms with Gasteiger partial charge in [-0.2, -0.15) is 0 Å². The zero-order valence-electron chi connectivity index (χ0n) is 26.0. The van der Waals surface area contributed by atoms with Crippen LogP contribution in [-0.2, 0) is 19.1 Å². The highest BCUT2D eigenvalue weighted by molar-refractivity contribution is 5.98. The van der Waals surface area contributed by atoms with Crippen LogP contribution in [0.2, 0.25) is 0 Å². The van der Waals surface area contributed by atoms with Gasteiger partial charge in [-0.25, -0.2) is 0 Å². The van der Waals surface area contributed by atoms with E-state index in [4.69, 9.17) is 13.9 Å². The van der Waals surface area contributed by atoms with Gasteiger partial charge in [-0.05, 0) is 34.1 Å². The fraction of sp³-hybridized carbons (Fsp3) is 0.719. The second-order valence-electron chi connectivity index (χ2n) is 12.1. The van der Waals surface area contributed by atoms with Gasteiger partial charge < -0.3 is 24.1 Å². The van der Waals surface area contributed by atoms with E-state index in [1.165, 1.54) is 0 Å². The van der Waals surface area contributed by atoms with Crippen LogP contribution in [0.1, 0.15) is 110 Å². The molecule has 1 aromatic heterocycles. The number of carbonyl (C=O) groups excluding carboxylic acids is 2. The van der Waals surface area contributed by atoms with E-state index in [1.54, 1.807) is 48.5 Å². The van der Waals surface area contributed by atoms with Gasteiger partial charge in [0.05, 0.1) is 30.0 Å². The molecule has 8 nitrogen and oxygen atoms in total. The molecule has 10 atom stereocenters. The summed E-state index contributed by atoms with van der Waals surface area (Å²) in [5.41, 5.74) is 1.06. The van der Waals surface area contributed by atoms with Gasteiger partial charge in [-0.15, -0.1) is 0 Å². The third-order valence-corrected chi connectivity index (χ3v) is 9.72. The first-order valence-electron chi connectivity index (χ1n) is 14.7. The number of allylic oxidation sites excluding steroid dienone is 1. The standard InChI is InChI=1S/C32H48O8/c1-12-23(33)14(3)28-16(5)26(35)17(6)29(39-28)20(9)30-19(8)27(36)21(10)32(37,40-30)22(11)31-18(7)25(34)15(4)24(13-2)38-31/h14-15,19-22,24,27,30,36-37H,12-13H2,1-11H3/t14-,15?,19-,20+,21+,22+,24?,27+,30-,32+/m1/s1. The lowest BCUT2D eigenvalue weighted by Gasteiger charge is -2.52. The molecule has 0 saturated carbocycles.